The van der Waals surface area contributed by atoms with Crippen LogP contribution in [0.1, 0.15) is 25.7 Å². The number of anilines is 2. The van der Waals surface area contributed by atoms with Gasteiger partial charge in [0.15, 0.2) is 10.9 Å². The molecule has 0 bridgehead atoms. The molecule has 200 valence electrons. The van der Waals surface area contributed by atoms with Gasteiger partial charge in [-0.25, -0.2) is 13.8 Å². The zero-order valence-electron chi connectivity index (χ0n) is 20.9. The summed E-state index contributed by atoms with van der Waals surface area (Å²) in [5.74, 6) is -0.643. The lowest BCUT2D eigenvalue weighted by Gasteiger charge is -2.25. The molecule has 4 heterocycles. The van der Waals surface area contributed by atoms with Gasteiger partial charge in [0.05, 0.1) is 15.2 Å². The third-order valence-electron chi connectivity index (χ3n) is 7.40. The number of thiazole rings is 1. The van der Waals surface area contributed by atoms with Crippen LogP contribution in [0.15, 0.2) is 18.2 Å². The van der Waals surface area contributed by atoms with E-state index in [1.165, 1.54) is 12.1 Å². The molecule has 2 aliphatic rings. The molecule has 4 N–H and O–H groups in total. The molecule has 0 amide bonds. The molecule has 2 aliphatic heterocycles. The van der Waals surface area contributed by atoms with Gasteiger partial charge in [-0.1, -0.05) is 22.9 Å². The van der Waals surface area contributed by atoms with Crippen molar-refractivity contribution in [1.29, 1.82) is 0 Å². The summed E-state index contributed by atoms with van der Waals surface area (Å²) in [6.45, 7) is 3.19. The summed E-state index contributed by atoms with van der Waals surface area (Å²) in [7, 11) is 2.06. The van der Waals surface area contributed by atoms with Crippen molar-refractivity contribution < 1.29 is 13.5 Å². The Morgan fingerprint density at radius 3 is 2.76 bits per heavy atom. The van der Waals surface area contributed by atoms with E-state index in [1.807, 2.05) is 0 Å². The number of aromatic nitrogens is 3. The van der Waals surface area contributed by atoms with E-state index in [0.717, 1.165) is 56.7 Å². The molecule has 0 aliphatic carbocycles. The fourth-order valence-corrected chi connectivity index (χ4v) is 6.37. The number of ether oxygens (including phenoxy) is 1. The predicted molar refractivity (Wildman–Crippen MR) is 148 cm³/mol. The molecule has 6 rings (SSSR count). The van der Waals surface area contributed by atoms with E-state index in [4.69, 9.17) is 22.1 Å². The SMILES string of the molecule is CN1CCC[C@H]1COc1nc(NC2CCNCC2)c2cc(Cl)c(-c3ccc(F)c4sc(N)nc34)c(F)c2n1. The van der Waals surface area contributed by atoms with E-state index >= 15 is 4.39 Å². The summed E-state index contributed by atoms with van der Waals surface area (Å²) in [4.78, 5) is 15.6. The highest BCUT2D eigenvalue weighted by molar-refractivity contribution is 7.22. The fraction of sp³-hybridized carbons (Fsp3) is 0.423. The standard InChI is InChI=1S/C26H28ClF2N7OS/c1-36-10-2-3-14(36)12-37-26-34-21-16(24(35-26)32-13-6-8-31-9-7-13)11-17(27)19(20(21)29)15-4-5-18(28)23-22(15)33-25(30)38-23/h4-5,11,13-14,31H,2-3,6-10,12H2,1H3,(H2,30,33)(H,32,34,35)/t14-/m0/s1. The van der Waals surface area contributed by atoms with Gasteiger partial charge in [-0.3, -0.25) is 0 Å². The zero-order chi connectivity index (χ0) is 26.4. The molecule has 2 saturated heterocycles. The Hall–Kier alpha value is -2.86. The number of hydrogen-bond donors (Lipinski definition) is 3. The van der Waals surface area contributed by atoms with Crippen molar-refractivity contribution in [3.63, 3.8) is 0 Å². The molecular weight excluding hydrogens is 532 g/mol. The first-order valence-corrected chi connectivity index (χ1v) is 13.9. The molecule has 0 saturated carbocycles. The average molecular weight is 560 g/mol. The number of benzene rings is 2. The van der Waals surface area contributed by atoms with Crippen LogP contribution in [0.4, 0.5) is 19.7 Å². The van der Waals surface area contributed by atoms with Crippen LogP contribution in [0.3, 0.4) is 0 Å². The smallest absolute Gasteiger partial charge is 0.319 e. The first-order chi connectivity index (χ1) is 18.4. The lowest BCUT2D eigenvalue weighted by Crippen LogP contribution is -2.35. The highest BCUT2D eigenvalue weighted by Gasteiger charge is 2.26. The maximum Gasteiger partial charge on any atom is 0.319 e. The minimum absolute atomic E-state index is 0.0753. The molecule has 0 unspecified atom stereocenters. The second-order valence-corrected chi connectivity index (χ2v) is 11.3. The summed E-state index contributed by atoms with van der Waals surface area (Å²) >= 11 is 7.70. The quantitative estimate of drug-likeness (QED) is 0.301. The lowest BCUT2D eigenvalue weighted by atomic mass is 10.0. The van der Waals surface area contributed by atoms with Gasteiger partial charge in [-0.2, -0.15) is 9.97 Å². The third kappa shape index (κ3) is 4.72. The number of nitrogens with zero attached hydrogens (tertiary/aromatic N) is 4. The number of nitrogen functional groups attached to an aromatic ring is 1. The van der Waals surface area contributed by atoms with E-state index in [1.54, 1.807) is 6.07 Å². The van der Waals surface area contributed by atoms with E-state index in [9.17, 15) is 4.39 Å². The van der Waals surface area contributed by atoms with Crippen LogP contribution < -0.4 is 21.1 Å². The van der Waals surface area contributed by atoms with Crippen LogP contribution in [0.5, 0.6) is 6.01 Å². The molecular formula is C26H28ClF2N7OS. The number of likely N-dealkylation sites (tertiary alicyclic amines) is 1. The van der Waals surface area contributed by atoms with Crippen molar-refractivity contribution in [3.8, 4) is 17.1 Å². The second-order valence-electron chi connectivity index (χ2n) is 9.88. The Labute approximate surface area is 227 Å². The molecule has 2 aromatic carbocycles. The Kier molecular flexibility index (Phi) is 6.93. The minimum Gasteiger partial charge on any atom is -0.462 e. The first-order valence-electron chi connectivity index (χ1n) is 12.7. The maximum absolute atomic E-state index is 16.4. The Bertz CT molecular complexity index is 1510. The van der Waals surface area contributed by atoms with Crippen molar-refractivity contribution in [1.82, 2.24) is 25.2 Å². The van der Waals surface area contributed by atoms with Gasteiger partial charge < -0.3 is 26.0 Å². The monoisotopic (exact) mass is 559 g/mol. The van der Waals surface area contributed by atoms with E-state index < -0.39 is 11.6 Å². The van der Waals surface area contributed by atoms with Gasteiger partial charge in [0.2, 0.25) is 0 Å². The van der Waals surface area contributed by atoms with E-state index in [0.29, 0.717) is 23.4 Å². The maximum atomic E-state index is 16.4. The van der Waals surface area contributed by atoms with Crippen LogP contribution in [-0.4, -0.2) is 65.2 Å². The lowest BCUT2D eigenvalue weighted by molar-refractivity contribution is 0.188. The largest absolute Gasteiger partial charge is 0.462 e. The Morgan fingerprint density at radius 1 is 1.18 bits per heavy atom. The number of hydrogen-bond acceptors (Lipinski definition) is 9. The number of halogens is 3. The number of fused-ring (bicyclic) bond motifs is 2. The number of likely N-dealkylation sites (N-methyl/N-ethyl adjacent to an activating group) is 1. The Morgan fingerprint density at radius 2 is 2.00 bits per heavy atom. The van der Waals surface area contributed by atoms with Gasteiger partial charge in [-0.05, 0) is 70.6 Å². The van der Waals surface area contributed by atoms with Gasteiger partial charge in [0.1, 0.15) is 23.8 Å². The molecule has 8 nitrogen and oxygen atoms in total. The number of rotatable bonds is 6. The van der Waals surface area contributed by atoms with Gasteiger partial charge in [0.25, 0.3) is 0 Å². The topological polar surface area (TPSA) is 101 Å². The van der Waals surface area contributed by atoms with Crippen molar-refractivity contribution >= 4 is 55.0 Å². The van der Waals surface area contributed by atoms with Gasteiger partial charge in [-0.15, -0.1) is 0 Å². The summed E-state index contributed by atoms with van der Waals surface area (Å²) in [6.07, 6.45) is 3.94. The van der Waals surface area contributed by atoms with Crippen LogP contribution in [0, 0.1) is 11.6 Å². The molecule has 0 radical (unpaired) electrons. The number of piperidine rings is 1. The summed E-state index contributed by atoms with van der Waals surface area (Å²) < 4.78 is 37.1. The van der Waals surface area contributed by atoms with Crippen molar-refractivity contribution in [2.45, 2.75) is 37.8 Å². The molecule has 1 atom stereocenters. The predicted octanol–water partition coefficient (Wildman–Crippen LogP) is 5.06. The van der Waals surface area contributed by atoms with Crippen molar-refractivity contribution in [3.05, 3.63) is 34.9 Å². The van der Waals surface area contributed by atoms with Gasteiger partial charge >= 0.3 is 6.01 Å². The van der Waals surface area contributed by atoms with Crippen LogP contribution >= 0.6 is 22.9 Å². The van der Waals surface area contributed by atoms with E-state index in [-0.39, 0.29) is 49.5 Å². The summed E-state index contributed by atoms with van der Waals surface area (Å²) in [6, 6.07) is 4.91. The number of nitrogens with two attached hydrogens (primary N) is 1. The highest BCUT2D eigenvalue weighted by atomic mass is 35.5. The van der Waals surface area contributed by atoms with Crippen LogP contribution in [0.2, 0.25) is 5.02 Å². The Balaban J connectivity index is 1.47. The molecule has 0 spiro atoms. The third-order valence-corrected chi connectivity index (χ3v) is 8.59. The first kappa shape index (κ1) is 25.4. The molecule has 4 aromatic rings. The molecule has 2 fully saturated rings. The molecule has 2 aromatic heterocycles. The normalized spacial score (nSPS) is 19.0. The number of nitrogens with one attached hydrogen (secondary N) is 2. The fourth-order valence-electron chi connectivity index (χ4n) is 5.31. The van der Waals surface area contributed by atoms with Crippen LogP contribution in [-0.2, 0) is 0 Å². The summed E-state index contributed by atoms with van der Waals surface area (Å²) in [5.41, 5.74) is 6.63. The minimum atomic E-state index is -0.648. The van der Waals surface area contributed by atoms with Crippen molar-refractivity contribution in [2.24, 2.45) is 0 Å². The van der Waals surface area contributed by atoms with E-state index in [2.05, 4.69) is 37.5 Å². The zero-order valence-corrected chi connectivity index (χ0v) is 22.4. The molecule has 38 heavy (non-hydrogen) atoms. The van der Waals surface area contributed by atoms with Crippen molar-refractivity contribution in [2.75, 3.05) is 44.3 Å². The summed E-state index contributed by atoms with van der Waals surface area (Å²) in [5, 5.41) is 7.60. The average Bonchev–Trinajstić information content (AvgIpc) is 3.50. The molecule has 12 heteroatoms. The van der Waals surface area contributed by atoms with Gasteiger partial charge in [0, 0.05) is 28.6 Å². The second kappa shape index (κ2) is 10.4. The van der Waals surface area contributed by atoms with Crippen LogP contribution in [0.25, 0.3) is 32.2 Å². The highest BCUT2D eigenvalue weighted by Crippen LogP contribution is 2.42.